The third-order valence-corrected chi connectivity index (χ3v) is 7.04. The zero-order chi connectivity index (χ0) is 23.2. The maximum atomic E-state index is 6.02. The Kier molecular flexibility index (Phi) is 7.64. The molecule has 5 rings (SSSR count). The van der Waals surface area contributed by atoms with E-state index >= 15 is 0 Å². The third-order valence-electron chi connectivity index (χ3n) is 6.78. The molecule has 2 aromatic rings. The van der Waals surface area contributed by atoms with Gasteiger partial charge in [-0.1, -0.05) is 54.1 Å². The molecule has 2 heterocycles. The number of allylic oxidation sites excluding steroid dienone is 2. The smallest absolute Gasteiger partial charge is 0.0642 e. The summed E-state index contributed by atoms with van der Waals surface area (Å²) in [5, 5.41) is 7.94. The molecule has 0 saturated carbocycles. The van der Waals surface area contributed by atoms with Crippen molar-refractivity contribution >= 4 is 23.9 Å². The minimum absolute atomic E-state index is 0.794. The highest BCUT2D eigenvalue weighted by Gasteiger charge is 2.26. The Bertz CT molecular complexity index is 1030. The van der Waals surface area contributed by atoms with Gasteiger partial charge in [-0.25, -0.2) is 0 Å². The highest BCUT2D eigenvalue weighted by atomic mass is 35.5. The Labute approximate surface area is 207 Å². The average molecular weight is 477 g/mol. The van der Waals surface area contributed by atoms with Crippen LogP contribution in [-0.4, -0.2) is 73.5 Å². The van der Waals surface area contributed by atoms with E-state index in [1.807, 2.05) is 12.1 Å². The number of benzene rings is 2. The molecule has 2 saturated heterocycles. The van der Waals surface area contributed by atoms with Gasteiger partial charge in [0.05, 0.1) is 19.4 Å². The molecule has 6 heteroatoms. The van der Waals surface area contributed by atoms with E-state index in [0.717, 1.165) is 76.9 Å². The van der Waals surface area contributed by atoms with Gasteiger partial charge in [0.2, 0.25) is 0 Å². The summed E-state index contributed by atoms with van der Waals surface area (Å²) in [6.45, 7) is 8.40. The number of nitrogens with zero attached hydrogens (tertiary/aromatic N) is 4. The van der Waals surface area contributed by atoms with Crippen molar-refractivity contribution < 1.29 is 4.74 Å². The summed E-state index contributed by atoms with van der Waals surface area (Å²) in [6.07, 6.45) is 6.59. The van der Waals surface area contributed by atoms with Gasteiger partial charge in [-0.15, -0.1) is 0 Å². The Morgan fingerprint density at radius 2 is 1.59 bits per heavy atom. The molecule has 178 valence electrons. The molecule has 0 aromatic heterocycles. The van der Waals surface area contributed by atoms with Gasteiger partial charge in [0.1, 0.15) is 0 Å². The first kappa shape index (κ1) is 23.2. The summed E-state index contributed by atoms with van der Waals surface area (Å²) in [5.74, 6) is 0. The van der Waals surface area contributed by atoms with Crippen LogP contribution in [0, 0.1) is 0 Å². The van der Waals surface area contributed by atoms with Crippen molar-refractivity contribution in [3.05, 3.63) is 87.6 Å². The topological polar surface area (TPSA) is 31.3 Å². The lowest BCUT2D eigenvalue weighted by Gasteiger charge is -2.33. The fourth-order valence-electron chi connectivity index (χ4n) is 4.93. The normalized spacial score (nSPS) is 21.3. The second kappa shape index (κ2) is 11.2. The number of hydrogen-bond donors (Lipinski definition) is 0. The molecular formula is C28H33ClN4O. The molecule has 2 aliphatic heterocycles. The van der Waals surface area contributed by atoms with E-state index in [0.29, 0.717) is 0 Å². The summed E-state index contributed by atoms with van der Waals surface area (Å²) >= 11 is 6.02. The molecule has 5 nitrogen and oxygen atoms in total. The van der Waals surface area contributed by atoms with Gasteiger partial charge in [-0.2, -0.15) is 5.10 Å². The molecule has 2 aromatic carbocycles. The number of ether oxygens (including phenoxy) is 1. The number of morpholine rings is 1. The van der Waals surface area contributed by atoms with E-state index in [-0.39, 0.29) is 0 Å². The fourth-order valence-corrected chi connectivity index (χ4v) is 5.06. The SMILES string of the molecule is Clc1ccc(CN2CCN(N=CC3=C(N4CCOCC4)C(=Cc4ccccc4)CC3)CC2)cc1. The van der Waals surface area contributed by atoms with E-state index in [2.05, 4.69) is 69.6 Å². The molecular weight excluding hydrogens is 444 g/mol. The number of hydrazone groups is 1. The third kappa shape index (κ3) is 5.90. The quantitative estimate of drug-likeness (QED) is 0.554. The Morgan fingerprint density at radius 3 is 2.32 bits per heavy atom. The summed E-state index contributed by atoms with van der Waals surface area (Å²) in [5.41, 5.74) is 6.72. The lowest BCUT2D eigenvalue weighted by molar-refractivity contribution is 0.0548. The van der Waals surface area contributed by atoms with Crippen LogP contribution in [0.2, 0.25) is 5.02 Å². The van der Waals surface area contributed by atoms with Crippen LogP contribution in [0.15, 0.2) is 76.5 Å². The number of piperazine rings is 1. The fraction of sp³-hybridized carbons (Fsp3) is 0.393. The van der Waals surface area contributed by atoms with Gasteiger partial charge in [-0.05, 0) is 53.3 Å². The Balaban J connectivity index is 1.26. The molecule has 0 amide bonds. The van der Waals surface area contributed by atoms with Crippen LogP contribution in [-0.2, 0) is 11.3 Å². The van der Waals surface area contributed by atoms with E-state index in [1.165, 1.54) is 28.0 Å². The van der Waals surface area contributed by atoms with Crippen LogP contribution in [0.4, 0.5) is 0 Å². The standard InChI is InChI=1S/C28H33ClN4O/c29-27-10-6-24(7-11-27)22-31-12-14-33(15-13-31)30-21-26-9-8-25(20-23-4-2-1-3-5-23)28(26)32-16-18-34-19-17-32/h1-7,10-11,20-21H,8-9,12-19,22H2. The highest BCUT2D eigenvalue weighted by molar-refractivity contribution is 6.30. The minimum atomic E-state index is 0.794. The Hall–Kier alpha value is -2.60. The van der Waals surface area contributed by atoms with Crippen LogP contribution in [0.1, 0.15) is 24.0 Å². The molecule has 0 N–H and O–H groups in total. The van der Waals surface area contributed by atoms with Gasteiger partial charge in [0.25, 0.3) is 0 Å². The number of halogens is 1. The summed E-state index contributed by atoms with van der Waals surface area (Å²) in [6, 6.07) is 18.8. The van der Waals surface area contributed by atoms with E-state index in [4.69, 9.17) is 21.4 Å². The minimum Gasteiger partial charge on any atom is -0.378 e. The molecule has 0 bridgehead atoms. The molecule has 0 radical (unpaired) electrons. The molecule has 0 unspecified atom stereocenters. The largest absolute Gasteiger partial charge is 0.378 e. The predicted octanol–water partition coefficient (Wildman–Crippen LogP) is 4.91. The monoisotopic (exact) mass is 476 g/mol. The van der Waals surface area contributed by atoms with E-state index < -0.39 is 0 Å². The van der Waals surface area contributed by atoms with Crippen molar-refractivity contribution in [3.8, 4) is 0 Å². The van der Waals surface area contributed by atoms with Crippen molar-refractivity contribution in [3.63, 3.8) is 0 Å². The van der Waals surface area contributed by atoms with Crippen molar-refractivity contribution in [2.24, 2.45) is 5.10 Å². The van der Waals surface area contributed by atoms with Gasteiger partial charge >= 0.3 is 0 Å². The summed E-state index contributed by atoms with van der Waals surface area (Å²) in [7, 11) is 0. The first-order chi connectivity index (χ1) is 16.7. The Morgan fingerprint density at radius 1 is 0.853 bits per heavy atom. The molecule has 0 spiro atoms. The van der Waals surface area contributed by atoms with Crippen molar-refractivity contribution in [2.75, 3.05) is 52.5 Å². The highest BCUT2D eigenvalue weighted by Crippen LogP contribution is 2.35. The first-order valence-corrected chi connectivity index (χ1v) is 12.7. The molecule has 2 fully saturated rings. The van der Waals surface area contributed by atoms with Gasteiger partial charge in [0.15, 0.2) is 0 Å². The van der Waals surface area contributed by atoms with E-state index in [1.54, 1.807) is 0 Å². The zero-order valence-electron chi connectivity index (χ0n) is 19.7. The predicted molar refractivity (Wildman–Crippen MR) is 140 cm³/mol. The first-order valence-electron chi connectivity index (χ1n) is 12.3. The number of hydrogen-bond acceptors (Lipinski definition) is 5. The summed E-state index contributed by atoms with van der Waals surface area (Å²) in [4.78, 5) is 4.99. The second-order valence-corrected chi connectivity index (χ2v) is 9.59. The molecule has 1 aliphatic carbocycles. The van der Waals surface area contributed by atoms with Gasteiger partial charge in [-0.3, -0.25) is 9.91 Å². The average Bonchev–Trinajstić information content (AvgIpc) is 3.28. The van der Waals surface area contributed by atoms with Crippen molar-refractivity contribution in [2.45, 2.75) is 19.4 Å². The molecule has 0 atom stereocenters. The van der Waals surface area contributed by atoms with Crippen molar-refractivity contribution in [1.29, 1.82) is 0 Å². The molecule has 3 aliphatic rings. The van der Waals surface area contributed by atoms with Gasteiger partial charge in [0, 0.05) is 56.5 Å². The second-order valence-electron chi connectivity index (χ2n) is 9.15. The maximum absolute atomic E-state index is 6.02. The van der Waals surface area contributed by atoms with E-state index in [9.17, 15) is 0 Å². The maximum Gasteiger partial charge on any atom is 0.0642 e. The zero-order valence-corrected chi connectivity index (χ0v) is 20.5. The van der Waals surface area contributed by atoms with Gasteiger partial charge < -0.3 is 9.64 Å². The number of rotatable bonds is 6. The van der Waals surface area contributed by atoms with Crippen LogP contribution in [0.5, 0.6) is 0 Å². The molecule has 34 heavy (non-hydrogen) atoms. The van der Waals surface area contributed by atoms with Crippen molar-refractivity contribution in [1.82, 2.24) is 14.8 Å². The van der Waals surface area contributed by atoms with Crippen LogP contribution < -0.4 is 0 Å². The summed E-state index contributed by atoms with van der Waals surface area (Å²) < 4.78 is 5.62. The van der Waals surface area contributed by atoms with Crippen LogP contribution in [0.3, 0.4) is 0 Å². The van der Waals surface area contributed by atoms with Crippen LogP contribution in [0.25, 0.3) is 6.08 Å². The lowest BCUT2D eigenvalue weighted by atomic mass is 10.1. The van der Waals surface area contributed by atoms with Crippen LogP contribution >= 0.6 is 11.6 Å². The lowest BCUT2D eigenvalue weighted by Crippen LogP contribution is -2.43.